The molecule has 140 valence electrons. The molecule has 3 rings (SSSR count). The van der Waals surface area contributed by atoms with Crippen molar-refractivity contribution in [3.8, 4) is 5.75 Å². The standard InChI is InChI=1S/C21H28N2O3/c1-4-5-12-23-20(24)18(16-6-8-17(26-3)9-7-16)19(21(23)25)22-13-10-15(2)11-14-22/h6-9,15H,4-5,10-14H2,1-3H3. The van der Waals surface area contributed by atoms with Crippen molar-refractivity contribution in [3.05, 3.63) is 35.5 Å². The second kappa shape index (κ2) is 7.94. The van der Waals surface area contributed by atoms with Crippen LogP contribution in [0.5, 0.6) is 5.75 Å². The average Bonchev–Trinajstić information content (AvgIpc) is 2.91. The first-order chi connectivity index (χ1) is 12.6. The van der Waals surface area contributed by atoms with E-state index in [1.807, 2.05) is 24.3 Å². The fraction of sp³-hybridized carbons (Fsp3) is 0.524. The number of rotatable bonds is 6. The number of amides is 2. The maximum Gasteiger partial charge on any atom is 0.277 e. The predicted molar refractivity (Wildman–Crippen MR) is 102 cm³/mol. The number of nitrogens with zero attached hydrogens (tertiary/aromatic N) is 2. The van der Waals surface area contributed by atoms with Crippen LogP contribution in [-0.2, 0) is 9.59 Å². The Kier molecular flexibility index (Phi) is 5.64. The maximum atomic E-state index is 13.1. The van der Waals surface area contributed by atoms with E-state index in [9.17, 15) is 9.59 Å². The van der Waals surface area contributed by atoms with Crippen molar-refractivity contribution in [1.29, 1.82) is 0 Å². The van der Waals surface area contributed by atoms with E-state index in [1.165, 1.54) is 4.90 Å². The highest BCUT2D eigenvalue weighted by Crippen LogP contribution is 2.34. The number of carbonyl (C=O) groups is 2. The molecule has 1 aromatic carbocycles. The van der Waals surface area contributed by atoms with Crippen molar-refractivity contribution >= 4 is 17.4 Å². The van der Waals surface area contributed by atoms with Crippen molar-refractivity contribution in [1.82, 2.24) is 9.80 Å². The number of likely N-dealkylation sites (tertiary alicyclic amines) is 1. The van der Waals surface area contributed by atoms with E-state index in [1.54, 1.807) is 7.11 Å². The van der Waals surface area contributed by atoms with E-state index in [0.29, 0.717) is 23.7 Å². The molecule has 2 aliphatic rings. The lowest BCUT2D eigenvalue weighted by Gasteiger charge is -2.32. The van der Waals surface area contributed by atoms with Crippen LogP contribution in [0.25, 0.3) is 5.57 Å². The summed E-state index contributed by atoms with van der Waals surface area (Å²) in [6, 6.07) is 7.42. The van der Waals surface area contributed by atoms with Gasteiger partial charge in [0.2, 0.25) is 0 Å². The zero-order chi connectivity index (χ0) is 18.7. The number of unbranched alkanes of at least 4 members (excludes halogenated alkanes) is 1. The van der Waals surface area contributed by atoms with Crippen molar-refractivity contribution in [3.63, 3.8) is 0 Å². The number of carbonyl (C=O) groups excluding carboxylic acids is 2. The number of imide groups is 1. The van der Waals surface area contributed by atoms with Crippen LogP contribution in [0.4, 0.5) is 0 Å². The highest BCUT2D eigenvalue weighted by Gasteiger charge is 2.41. The van der Waals surface area contributed by atoms with Crippen LogP contribution in [0.1, 0.15) is 45.1 Å². The van der Waals surface area contributed by atoms with E-state index in [4.69, 9.17) is 4.74 Å². The van der Waals surface area contributed by atoms with Crippen molar-refractivity contribution in [2.45, 2.75) is 39.5 Å². The van der Waals surface area contributed by atoms with Crippen LogP contribution in [-0.4, -0.2) is 48.4 Å². The number of benzene rings is 1. The molecule has 0 spiro atoms. The van der Waals surface area contributed by atoms with Gasteiger partial charge in [-0.15, -0.1) is 0 Å². The van der Waals surface area contributed by atoms with Crippen LogP contribution in [0.15, 0.2) is 30.0 Å². The molecule has 0 saturated carbocycles. The monoisotopic (exact) mass is 356 g/mol. The number of piperidine rings is 1. The van der Waals surface area contributed by atoms with Crippen LogP contribution < -0.4 is 4.74 Å². The van der Waals surface area contributed by atoms with Crippen LogP contribution in [0, 0.1) is 5.92 Å². The van der Waals surface area contributed by atoms with Crippen LogP contribution >= 0.6 is 0 Å². The Morgan fingerprint density at radius 2 is 1.73 bits per heavy atom. The summed E-state index contributed by atoms with van der Waals surface area (Å²) < 4.78 is 5.22. The summed E-state index contributed by atoms with van der Waals surface area (Å²) in [5, 5.41) is 0. The minimum absolute atomic E-state index is 0.135. The summed E-state index contributed by atoms with van der Waals surface area (Å²) in [6.07, 6.45) is 3.88. The minimum atomic E-state index is -0.165. The Labute approximate surface area is 155 Å². The van der Waals surface area contributed by atoms with Gasteiger partial charge in [-0.2, -0.15) is 0 Å². The highest BCUT2D eigenvalue weighted by molar-refractivity contribution is 6.35. The lowest BCUT2D eigenvalue weighted by molar-refractivity contribution is -0.137. The summed E-state index contributed by atoms with van der Waals surface area (Å²) in [7, 11) is 1.62. The molecule has 1 fully saturated rings. The first-order valence-electron chi connectivity index (χ1n) is 9.56. The fourth-order valence-electron chi connectivity index (χ4n) is 3.63. The number of hydrogen-bond acceptors (Lipinski definition) is 4. The topological polar surface area (TPSA) is 49.9 Å². The number of hydrogen-bond donors (Lipinski definition) is 0. The van der Waals surface area contributed by atoms with E-state index in [2.05, 4.69) is 18.7 Å². The molecule has 0 aliphatic carbocycles. The number of methoxy groups -OCH3 is 1. The van der Waals surface area contributed by atoms with E-state index >= 15 is 0 Å². The molecule has 0 aromatic heterocycles. The molecule has 2 amide bonds. The smallest absolute Gasteiger partial charge is 0.277 e. The van der Waals surface area contributed by atoms with Gasteiger partial charge >= 0.3 is 0 Å². The summed E-state index contributed by atoms with van der Waals surface area (Å²) in [5.41, 5.74) is 1.92. The lowest BCUT2D eigenvalue weighted by Crippen LogP contribution is -2.38. The maximum absolute atomic E-state index is 13.1. The fourth-order valence-corrected chi connectivity index (χ4v) is 3.63. The summed E-state index contributed by atoms with van der Waals surface area (Å²) in [4.78, 5) is 29.7. The molecule has 2 heterocycles. The van der Waals surface area contributed by atoms with E-state index in [0.717, 1.165) is 50.1 Å². The van der Waals surface area contributed by atoms with Gasteiger partial charge in [0.1, 0.15) is 11.4 Å². The van der Waals surface area contributed by atoms with E-state index < -0.39 is 0 Å². The van der Waals surface area contributed by atoms with Crippen LogP contribution in [0.3, 0.4) is 0 Å². The SMILES string of the molecule is CCCCN1C(=O)C(c2ccc(OC)cc2)=C(N2CCC(C)CC2)C1=O. The molecule has 0 unspecified atom stereocenters. The molecule has 1 saturated heterocycles. The third-order valence-electron chi connectivity index (χ3n) is 5.36. The molecule has 0 radical (unpaired) electrons. The molecule has 5 heteroatoms. The van der Waals surface area contributed by atoms with E-state index in [-0.39, 0.29) is 11.8 Å². The quantitative estimate of drug-likeness (QED) is 0.734. The molecule has 2 aliphatic heterocycles. The van der Waals surface area contributed by atoms with Gasteiger partial charge in [-0.25, -0.2) is 0 Å². The molecular weight excluding hydrogens is 328 g/mol. The van der Waals surface area contributed by atoms with Gasteiger partial charge in [-0.1, -0.05) is 32.4 Å². The van der Waals surface area contributed by atoms with Gasteiger partial charge in [-0.05, 0) is 42.9 Å². The van der Waals surface area contributed by atoms with Gasteiger partial charge in [0, 0.05) is 19.6 Å². The Morgan fingerprint density at radius 1 is 1.08 bits per heavy atom. The predicted octanol–water partition coefficient (Wildman–Crippen LogP) is 3.31. The number of ether oxygens (including phenoxy) is 1. The van der Waals surface area contributed by atoms with Crippen molar-refractivity contribution in [2.75, 3.05) is 26.7 Å². The second-order valence-corrected chi connectivity index (χ2v) is 7.24. The minimum Gasteiger partial charge on any atom is -0.497 e. The summed E-state index contributed by atoms with van der Waals surface area (Å²) in [5.74, 6) is 1.10. The molecule has 26 heavy (non-hydrogen) atoms. The molecule has 0 N–H and O–H groups in total. The molecule has 5 nitrogen and oxygen atoms in total. The molecular formula is C21H28N2O3. The highest BCUT2D eigenvalue weighted by atomic mass is 16.5. The second-order valence-electron chi connectivity index (χ2n) is 7.24. The lowest BCUT2D eigenvalue weighted by atomic mass is 9.97. The zero-order valence-electron chi connectivity index (χ0n) is 16.0. The van der Waals surface area contributed by atoms with Crippen molar-refractivity contribution < 1.29 is 14.3 Å². The molecule has 0 atom stereocenters. The Bertz CT molecular complexity index is 700. The average molecular weight is 356 g/mol. The summed E-state index contributed by atoms with van der Waals surface area (Å²) in [6.45, 7) is 6.45. The Balaban J connectivity index is 1.99. The first kappa shape index (κ1) is 18.5. The first-order valence-corrected chi connectivity index (χ1v) is 9.56. The third-order valence-corrected chi connectivity index (χ3v) is 5.36. The van der Waals surface area contributed by atoms with Gasteiger partial charge in [-0.3, -0.25) is 14.5 Å². The van der Waals surface area contributed by atoms with Gasteiger partial charge in [0.05, 0.1) is 12.7 Å². The largest absolute Gasteiger partial charge is 0.497 e. The van der Waals surface area contributed by atoms with Gasteiger partial charge in [0.25, 0.3) is 11.8 Å². The van der Waals surface area contributed by atoms with Crippen LogP contribution in [0.2, 0.25) is 0 Å². The van der Waals surface area contributed by atoms with Gasteiger partial charge < -0.3 is 9.64 Å². The third kappa shape index (κ3) is 3.48. The van der Waals surface area contributed by atoms with Gasteiger partial charge in [0.15, 0.2) is 0 Å². The molecule has 1 aromatic rings. The van der Waals surface area contributed by atoms with Crippen molar-refractivity contribution in [2.24, 2.45) is 5.92 Å². The Hall–Kier alpha value is -2.30. The Morgan fingerprint density at radius 3 is 2.31 bits per heavy atom. The normalized spacial score (nSPS) is 18.9. The zero-order valence-corrected chi connectivity index (χ0v) is 16.0. The summed E-state index contributed by atoms with van der Waals surface area (Å²) >= 11 is 0. The molecule has 0 bridgehead atoms.